The van der Waals surface area contributed by atoms with E-state index in [0.29, 0.717) is 21.3 Å². The predicted molar refractivity (Wildman–Crippen MR) is 110 cm³/mol. The molecule has 158 valence electrons. The molecular weight excluding hydrogens is 419 g/mol. The van der Waals surface area contributed by atoms with Crippen LogP contribution in [0.15, 0.2) is 23.3 Å². The number of benzene rings is 1. The van der Waals surface area contributed by atoms with Crippen molar-refractivity contribution in [1.82, 2.24) is 9.91 Å². The van der Waals surface area contributed by atoms with Crippen molar-refractivity contribution in [3.8, 4) is 0 Å². The van der Waals surface area contributed by atoms with E-state index in [9.17, 15) is 14.7 Å². The summed E-state index contributed by atoms with van der Waals surface area (Å²) in [6, 6.07) is 3.93. The first-order chi connectivity index (χ1) is 13.5. The third-order valence-corrected chi connectivity index (χ3v) is 5.58. The molecule has 3 atom stereocenters. The highest BCUT2D eigenvalue weighted by atomic mass is 35.5. The first-order valence-corrected chi connectivity index (χ1v) is 9.97. The number of aliphatic hydroxyl groups excluding tert-OH is 1. The molecule has 8 nitrogen and oxygen atoms in total. The summed E-state index contributed by atoms with van der Waals surface area (Å²) >= 11 is 12.1. The number of fused-ring (bicyclic) bond motifs is 1. The fraction of sp³-hybridized carbons (Fsp3) is 0.526. The lowest BCUT2D eigenvalue weighted by molar-refractivity contribution is -0.122. The number of hydrogen-bond acceptors (Lipinski definition) is 6. The molecule has 1 aromatic carbocycles. The zero-order valence-corrected chi connectivity index (χ0v) is 17.9. The number of nitrogens with two attached hydrogens (primary N) is 1. The van der Waals surface area contributed by atoms with Crippen LogP contribution in [-0.4, -0.2) is 70.1 Å². The Morgan fingerprint density at radius 1 is 1.28 bits per heavy atom. The summed E-state index contributed by atoms with van der Waals surface area (Å²) < 4.78 is 5.46. The number of amides is 2. The lowest BCUT2D eigenvalue weighted by Gasteiger charge is -2.43. The monoisotopic (exact) mass is 442 g/mol. The van der Waals surface area contributed by atoms with Crippen molar-refractivity contribution in [2.75, 3.05) is 19.7 Å². The van der Waals surface area contributed by atoms with Crippen LogP contribution in [0, 0.1) is 5.92 Å². The molecule has 0 bridgehead atoms. The minimum absolute atomic E-state index is 0.188. The van der Waals surface area contributed by atoms with E-state index in [4.69, 9.17) is 33.7 Å². The summed E-state index contributed by atoms with van der Waals surface area (Å²) in [5, 5.41) is 16.8. The molecule has 2 amide bonds. The number of carbonyl (C=O) groups is 2. The molecule has 0 aromatic heterocycles. The van der Waals surface area contributed by atoms with Crippen LogP contribution in [0.3, 0.4) is 0 Å². The molecule has 0 aliphatic carbocycles. The largest absolute Gasteiger partial charge is 0.444 e. The maximum Gasteiger partial charge on any atom is 0.410 e. The van der Waals surface area contributed by atoms with Gasteiger partial charge in [-0.1, -0.05) is 29.3 Å². The van der Waals surface area contributed by atoms with Crippen LogP contribution >= 0.6 is 23.2 Å². The number of ether oxygens (including phenoxy) is 1. The van der Waals surface area contributed by atoms with Crippen molar-refractivity contribution >= 4 is 40.9 Å². The molecular formula is C19H24Cl2N4O4. The van der Waals surface area contributed by atoms with Gasteiger partial charge in [-0.3, -0.25) is 9.80 Å². The molecule has 1 aromatic rings. The van der Waals surface area contributed by atoms with Crippen LogP contribution in [0.2, 0.25) is 10.0 Å². The van der Waals surface area contributed by atoms with Gasteiger partial charge in [0.05, 0.1) is 34.4 Å². The maximum absolute atomic E-state index is 12.6. The van der Waals surface area contributed by atoms with Crippen molar-refractivity contribution in [2.24, 2.45) is 16.8 Å². The minimum Gasteiger partial charge on any atom is -0.444 e. The van der Waals surface area contributed by atoms with E-state index in [0.717, 1.165) is 0 Å². The summed E-state index contributed by atoms with van der Waals surface area (Å²) in [4.78, 5) is 26.4. The number of hydrogen-bond donors (Lipinski definition) is 2. The van der Waals surface area contributed by atoms with Gasteiger partial charge in [0.25, 0.3) is 0 Å². The smallest absolute Gasteiger partial charge is 0.410 e. The van der Waals surface area contributed by atoms with Crippen molar-refractivity contribution in [3.05, 3.63) is 33.8 Å². The molecule has 2 heterocycles. The fourth-order valence-electron chi connectivity index (χ4n) is 3.61. The molecule has 2 aliphatic heterocycles. The van der Waals surface area contributed by atoms with E-state index >= 15 is 0 Å². The van der Waals surface area contributed by atoms with Gasteiger partial charge in [-0.05, 0) is 32.9 Å². The number of halogens is 2. The normalized spacial score (nSPS) is 24.2. The van der Waals surface area contributed by atoms with Gasteiger partial charge in [0.2, 0.25) is 5.91 Å². The summed E-state index contributed by atoms with van der Waals surface area (Å²) in [6.07, 6.45) is -0.512. The van der Waals surface area contributed by atoms with E-state index < -0.39 is 35.6 Å². The quantitative estimate of drug-likeness (QED) is 0.744. The van der Waals surface area contributed by atoms with Crippen molar-refractivity contribution in [1.29, 1.82) is 0 Å². The zero-order chi connectivity index (χ0) is 21.5. The molecule has 3 unspecified atom stereocenters. The molecule has 1 fully saturated rings. The second-order valence-corrected chi connectivity index (χ2v) is 8.98. The Morgan fingerprint density at radius 2 is 1.97 bits per heavy atom. The molecule has 29 heavy (non-hydrogen) atoms. The third-order valence-electron chi connectivity index (χ3n) is 4.84. The van der Waals surface area contributed by atoms with Gasteiger partial charge in [-0.25, -0.2) is 4.79 Å². The summed E-state index contributed by atoms with van der Waals surface area (Å²) in [6.45, 7) is 5.48. The van der Waals surface area contributed by atoms with Crippen molar-refractivity contribution in [3.63, 3.8) is 0 Å². The maximum atomic E-state index is 12.6. The van der Waals surface area contributed by atoms with E-state index in [2.05, 4.69) is 5.10 Å². The highest BCUT2D eigenvalue weighted by Crippen LogP contribution is 2.34. The predicted octanol–water partition coefficient (Wildman–Crippen LogP) is 2.09. The average molecular weight is 443 g/mol. The van der Waals surface area contributed by atoms with Crippen molar-refractivity contribution in [2.45, 2.75) is 38.5 Å². The number of piperazine rings is 1. The van der Waals surface area contributed by atoms with Gasteiger partial charge in [-0.2, -0.15) is 5.10 Å². The number of rotatable bonds is 3. The van der Waals surface area contributed by atoms with Gasteiger partial charge in [-0.15, -0.1) is 0 Å². The number of hydrazone groups is 1. The highest BCUT2D eigenvalue weighted by molar-refractivity contribution is 6.42. The Hall–Kier alpha value is -2.03. The van der Waals surface area contributed by atoms with Crippen LogP contribution in [0.25, 0.3) is 0 Å². The SMILES string of the molecule is CC(C)(C)OC(=O)N1CC(CO)N2N=C(c3ccc(Cl)c(Cl)c3)C(C(N)=O)C2C1. The molecule has 0 saturated carbocycles. The Kier molecular flexibility index (Phi) is 5.98. The van der Waals surface area contributed by atoms with Crippen LogP contribution in [0.5, 0.6) is 0 Å². The van der Waals surface area contributed by atoms with Crippen LogP contribution < -0.4 is 5.73 Å². The van der Waals surface area contributed by atoms with E-state index in [1.807, 2.05) is 0 Å². The highest BCUT2D eigenvalue weighted by Gasteiger charge is 2.49. The number of primary amides is 1. The number of nitrogens with zero attached hydrogens (tertiary/aromatic N) is 3. The van der Waals surface area contributed by atoms with Crippen LogP contribution in [0.4, 0.5) is 4.79 Å². The second kappa shape index (κ2) is 8.01. The first kappa shape index (κ1) is 21.7. The molecule has 10 heteroatoms. The van der Waals surface area contributed by atoms with Crippen molar-refractivity contribution < 1.29 is 19.4 Å². The molecule has 0 radical (unpaired) electrons. The number of carbonyl (C=O) groups excluding carboxylic acids is 2. The molecule has 2 aliphatic rings. The van der Waals surface area contributed by atoms with Gasteiger partial charge in [0.15, 0.2) is 0 Å². The Balaban J connectivity index is 1.94. The topological polar surface area (TPSA) is 108 Å². The third kappa shape index (κ3) is 4.44. The fourth-order valence-corrected chi connectivity index (χ4v) is 3.91. The lowest BCUT2D eigenvalue weighted by Crippen LogP contribution is -2.61. The minimum atomic E-state index is -0.786. The van der Waals surface area contributed by atoms with Crippen LogP contribution in [-0.2, 0) is 9.53 Å². The molecule has 3 rings (SSSR count). The van der Waals surface area contributed by atoms with Crippen LogP contribution in [0.1, 0.15) is 26.3 Å². The standard InChI is InChI=1S/C19H24Cl2N4O4/c1-19(2,3)29-18(28)24-7-11(9-26)25-14(8-24)15(17(22)27)16(23-25)10-4-5-12(20)13(21)6-10/h4-6,11,14-15,26H,7-9H2,1-3H3,(H2,22,27). The average Bonchev–Trinajstić information content (AvgIpc) is 3.01. The summed E-state index contributed by atoms with van der Waals surface area (Å²) in [7, 11) is 0. The second-order valence-electron chi connectivity index (χ2n) is 8.16. The summed E-state index contributed by atoms with van der Waals surface area (Å²) in [5.41, 5.74) is 6.09. The molecule has 1 saturated heterocycles. The van der Waals surface area contributed by atoms with Gasteiger partial charge < -0.3 is 20.5 Å². The molecule has 0 spiro atoms. The Morgan fingerprint density at radius 3 is 2.52 bits per heavy atom. The Labute approximate surface area is 179 Å². The molecule has 3 N–H and O–H groups in total. The Bertz CT molecular complexity index is 855. The van der Waals surface area contributed by atoms with Gasteiger partial charge >= 0.3 is 6.09 Å². The van der Waals surface area contributed by atoms with E-state index in [-0.39, 0.29) is 19.7 Å². The first-order valence-electron chi connectivity index (χ1n) is 9.22. The van der Waals surface area contributed by atoms with Gasteiger partial charge in [0, 0.05) is 18.7 Å². The van der Waals surface area contributed by atoms with Gasteiger partial charge in [0.1, 0.15) is 11.5 Å². The summed E-state index contributed by atoms with van der Waals surface area (Å²) in [5.74, 6) is -1.36. The lowest BCUT2D eigenvalue weighted by atomic mass is 9.88. The van der Waals surface area contributed by atoms with E-state index in [1.165, 1.54) is 4.90 Å². The zero-order valence-electron chi connectivity index (χ0n) is 16.4. The van der Waals surface area contributed by atoms with E-state index in [1.54, 1.807) is 44.0 Å². The number of aliphatic hydroxyl groups is 1.